The summed E-state index contributed by atoms with van der Waals surface area (Å²) in [4.78, 5) is 38.8. The van der Waals surface area contributed by atoms with Crippen molar-refractivity contribution in [3.63, 3.8) is 0 Å². The molecule has 0 radical (unpaired) electrons. The van der Waals surface area contributed by atoms with Gasteiger partial charge < -0.3 is 19.7 Å². The van der Waals surface area contributed by atoms with Crippen LogP contribution in [0, 0.1) is 5.92 Å². The number of nitrogens with zero attached hydrogens (tertiary/aromatic N) is 1. The summed E-state index contributed by atoms with van der Waals surface area (Å²) >= 11 is 0. The van der Waals surface area contributed by atoms with E-state index < -0.39 is 35.9 Å². The lowest BCUT2D eigenvalue weighted by atomic mass is 9.94. The highest BCUT2D eigenvalue weighted by molar-refractivity contribution is 5.98. The molecule has 1 saturated heterocycles. The first-order valence-corrected chi connectivity index (χ1v) is 10.0. The van der Waals surface area contributed by atoms with Crippen LogP contribution in [-0.4, -0.2) is 53.4 Å². The van der Waals surface area contributed by atoms with Crippen molar-refractivity contribution in [2.24, 2.45) is 5.92 Å². The first-order chi connectivity index (χ1) is 14.5. The molecule has 1 fully saturated rings. The molecule has 0 saturated carbocycles. The molecule has 3 atom stereocenters. The molecular formula is C20H26FN3O6. The van der Waals surface area contributed by atoms with Crippen LogP contribution in [0.5, 0.6) is 11.5 Å². The number of hydrogen-bond donors (Lipinski definition) is 3. The Morgan fingerprint density at radius 2 is 2.07 bits per heavy atom. The lowest BCUT2D eigenvalue weighted by Crippen LogP contribution is -2.49. The third-order valence-corrected chi connectivity index (χ3v) is 5.38. The first kappa shape index (κ1) is 21.8. The SMILES string of the molecule is CCCC[C@@H](C(=O)N1CCC[C@H]1C(=O)Nc1ccc2c(c1)OCO2)[C@H](F)C(=O)NO. The molecule has 2 aliphatic rings. The lowest BCUT2D eigenvalue weighted by molar-refractivity contribution is -0.148. The Morgan fingerprint density at radius 3 is 2.80 bits per heavy atom. The second-order valence-corrected chi connectivity index (χ2v) is 7.37. The van der Waals surface area contributed by atoms with Gasteiger partial charge >= 0.3 is 0 Å². The molecule has 0 aliphatic carbocycles. The van der Waals surface area contributed by atoms with Crippen LogP contribution in [0.25, 0.3) is 0 Å². The Bertz CT molecular complexity index is 805. The van der Waals surface area contributed by atoms with E-state index in [1.807, 2.05) is 6.92 Å². The highest BCUT2D eigenvalue weighted by atomic mass is 19.1. The van der Waals surface area contributed by atoms with Gasteiger partial charge in [-0.25, -0.2) is 9.87 Å². The van der Waals surface area contributed by atoms with Crippen molar-refractivity contribution in [2.45, 2.75) is 51.2 Å². The highest BCUT2D eigenvalue weighted by Crippen LogP contribution is 2.34. The van der Waals surface area contributed by atoms with Crippen molar-refractivity contribution in [1.29, 1.82) is 0 Å². The van der Waals surface area contributed by atoms with Gasteiger partial charge in [-0.1, -0.05) is 19.8 Å². The van der Waals surface area contributed by atoms with Crippen molar-refractivity contribution in [3.05, 3.63) is 18.2 Å². The van der Waals surface area contributed by atoms with E-state index >= 15 is 0 Å². The Balaban J connectivity index is 1.71. The van der Waals surface area contributed by atoms with Crippen molar-refractivity contribution in [3.8, 4) is 11.5 Å². The van der Waals surface area contributed by atoms with Crippen molar-refractivity contribution >= 4 is 23.4 Å². The van der Waals surface area contributed by atoms with Crippen LogP contribution >= 0.6 is 0 Å². The van der Waals surface area contributed by atoms with Crippen molar-refractivity contribution < 1.29 is 33.5 Å². The predicted molar refractivity (Wildman–Crippen MR) is 104 cm³/mol. The van der Waals surface area contributed by atoms with Gasteiger partial charge in [0.15, 0.2) is 17.7 Å². The molecular weight excluding hydrogens is 397 g/mol. The summed E-state index contributed by atoms with van der Waals surface area (Å²) in [6, 6.07) is 4.21. The van der Waals surface area contributed by atoms with Gasteiger partial charge in [0, 0.05) is 18.3 Å². The van der Waals surface area contributed by atoms with Gasteiger partial charge in [0.2, 0.25) is 18.6 Å². The van der Waals surface area contributed by atoms with E-state index in [4.69, 9.17) is 14.7 Å². The fourth-order valence-electron chi connectivity index (χ4n) is 3.78. The lowest BCUT2D eigenvalue weighted by Gasteiger charge is -2.29. The fraction of sp³-hybridized carbons (Fsp3) is 0.550. The van der Waals surface area contributed by atoms with E-state index in [-0.39, 0.29) is 13.2 Å². The number of nitrogens with one attached hydrogen (secondary N) is 2. The van der Waals surface area contributed by atoms with E-state index in [1.54, 1.807) is 18.2 Å². The predicted octanol–water partition coefficient (Wildman–Crippen LogP) is 1.99. The number of rotatable bonds is 8. The number of carbonyl (C=O) groups excluding carboxylic acids is 3. The normalized spacial score (nSPS) is 19.3. The minimum absolute atomic E-state index is 0.114. The summed E-state index contributed by atoms with van der Waals surface area (Å²) in [6.07, 6.45) is 0.243. The third-order valence-electron chi connectivity index (χ3n) is 5.38. The molecule has 0 spiro atoms. The van der Waals surface area contributed by atoms with E-state index in [0.29, 0.717) is 49.4 Å². The number of alkyl halides is 1. The molecule has 0 unspecified atom stereocenters. The number of hydrogen-bond acceptors (Lipinski definition) is 6. The number of hydroxylamine groups is 1. The van der Waals surface area contributed by atoms with E-state index in [0.717, 1.165) is 0 Å². The van der Waals surface area contributed by atoms with Crippen LogP contribution in [0.15, 0.2) is 18.2 Å². The summed E-state index contributed by atoms with van der Waals surface area (Å²) in [5.41, 5.74) is 1.76. The highest BCUT2D eigenvalue weighted by Gasteiger charge is 2.41. The molecule has 3 N–H and O–H groups in total. The van der Waals surface area contributed by atoms with Gasteiger partial charge in [-0.15, -0.1) is 0 Å². The second kappa shape index (κ2) is 9.75. The number of likely N-dealkylation sites (tertiary alicyclic amines) is 1. The minimum atomic E-state index is -2.19. The number of amides is 3. The molecule has 2 aliphatic heterocycles. The molecule has 164 valence electrons. The summed E-state index contributed by atoms with van der Waals surface area (Å²) in [5, 5.41) is 11.5. The third kappa shape index (κ3) is 4.64. The molecule has 3 amide bonds. The van der Waals surface area contributed by atoms with E-state index in [1.165, 1.54) is 10.4 Å². The molecule has 1 aromatic rings. The standard InChI is InChI=1S/C20H26FN3O6/c1-2-3-5-13(17(21)19(26)23-28)20(27)24-9-4-6-14(24)18(25)22-12-7-8-15-16(10-12)30-11-29-15/h7-8,10,13-14,17,28H,2-6,9,11H2,1H3,(H,22,25)(H,23,26)/t13-,14+,17+/m1/s1. The van der Waals surface area contributed by atoms with Gasteiger partial charge in [-0.3, -0.25) is 19.6 Å². The number of anilines is 1. The smallest absolute Gasteiger partial charge is 0.278 e. The Labute approximate surface area is 173 Å². The number of ether oxygens (including phenoxy) is 2. The van der Waals surface area contributed by atoms with E-state index in [2.05, 4.69) is 5.32 Å². The zero-order valence-corrected chi connectivity index (χ0v) is 16.7. The zero-order chi connectivity index (χ0) is 21.7. The Kier molecular flexibility index (Phi) is 7.09. The van der Waals surface area contributed by atoms with E-state index in [9.17, 15) is 18.8 Å². The topological polar surface area (TPSA) is 117 Å². The number of benzene rings is 1. The van der Waals surface area contributed by atoms with Crippen LogP contribution in [-0.2, 0) is 14.4 Å². The molecule has 2 heterocycles. The first-order valence-electron chi connectivity index (χ1n) is 10.0. The van der Waals surface area contributed by atoms with Gasteiger partial charge in [-0.05, 0) is 31.4 Å². The monoisotopic (exact) mass is 423 g/mol. The van der Waals surface area contributed by atoms with Gasteiger partial charge in [0.1, 0.15) is 6.04 Å². The Morgan fingerprint density at radius 1 is 1.30 bits per heavy atom. The molecule has 0 bridgehead atoms. The molecule has 10 heteroatoms. The largest absolute Gasteiger partial charge is 0.454 e. The maximum absolute atomic E-state index is 14.5. The van der Waals surface area contributed by atoms with Crippen LogP contribution < -0.4 is 20.3 Å². The molecule has 3 rings (SSSR count). The number of fused-ring (bicyclic) bond motifs is 1. The molecule has 30 heavy (non-hydrogen) atoms. The summed E-state index contributed by atoms with van der Waals surface area (Å²) in [7, 11) is 0. The molecule has 0 aromatic heterocycles. The summed E-state index contributed by atoms with van der Waals surface area (Å²) in [6.45, 7) is 2.30. The number of halogens is 1. The van der Waals surface area contributed by atoms with Gasteiger partial charge in [0.05, 0.1) is 5.92 Å². The second-order valence-electron chi connectivity index (χ2n) is 7.37. The maximum Gasteiger partial charge on any atom is 0.278 e. The summed E-state index contributed by atoms with van der Waals surface area (Å²) < 4.78 is 25.1. The quantitative estimate of drug-likeness (QED) is 0.435. The van der Waals surface area contributed by atoms with Crippen molar-refractivity contribution in [2.75, 3.05) is 18.7 Å². The van der Waals surface area contributed by atoms with Crippen LogP contribution in [0.2, 0.25) is 0 Å². The molecule has 9 nitrogen and oxygen atoms in total. The van der Waals surface area contributed by atoms with Gasteiger partial charge in [-0.2, -0.15) is 0 Å². The van der Waals surface area contributed by atoms with Crippen molar-refractivity contribution in [1.82, 2.24) is 10.4 Å². The van der Waals surface area contributed by atoms with Crippen LogP contribution in [0.4, 0.5) is 10.1 Å². The van der Waals surface area contributed by atoms with Gasteiger partial charge in [0.25, 0.3) is 5.91 Å². The number of unbranched alkanes of at least 4 members (excludes halogenated alkanes) is 1. The van der Waals surface area contributed by atoms with Crippen LogP contribution in [0.1, 0.15) is 39.0 Å². The molecule has 1 aromatic carbocycles. The minimum Gasteiger partial charge on any atom is -0.454 e. The average Bonchev–Trinajstić information content (AvgIpc) is 3.42. The zero-order valence-electron chi connectivity index (χ0n) is 16.7. The van der Waals surface area contributed by atoms with Crippen LogP contribution in [0.3, 0.4) is 0 Å². The average molecular weight is 423 g/mol. The number of carbonyl (C=O) groups is 3. The summed E-state index contributed by atoms with van der Waals surface area (Å²) in [5.74, 6) is -2.40. The maximum atomic E-state index is 14.5. The Hall–Kier alpha value is -2.88. The fourth-order valence-corrected chi connectivity index (χ4v) is 3.78.